The first-order valence-electron chi connectivity index (χ1n) is 10.9. The molecular formula is C23H31N7O. The van der Waals surface area contributed by atoms with Crippen LogP contribution in [0.25, 0.3) is 11.3 Å². The molecule has 5 N–H and O–H groups in total. The van der Waals surface area contributed by atoms with Gasteiger partial charge in [0.25, 0.3) is 0 Å². The van der Waals surface area contributed by atoms with Crippen LogP contribution in [0.4, 0.5) is 5.95 Å². The summed E-state index contributed by atoms with van der Waals surface area (Å²) in [5.41, 5.74) is 6.20. The molecule has 1 atom stereocenters. The largest absolute Gasteiger partial charge is 0.395 e. The number of hydrogen-bond acceptors (Lipinski definition) is 8. The Kier molecular flexibility index (Phi) is 6.91. The molecule has 1 aromatic carbocycles. The van der Waals surface area contributed by atoms with E-state index in [1.54, 1.807) is 6.20 Å². The van der Waals surface area contributed by atoms with Crippen LogP contribution in [0.2, 0.25) is 0 Å². The molecule has 1 saturated heterocycles. The Labute approximate surface area is 183 Å². The molecule has 4 rings (SSSR count). The van der Waals surface area contributed by atoms with E-state index in [2.05, 4.69) is 44.0 Å². The Morgan fingerprint density at radius 2 is 2.29 bits per heavy atom. The summed E-state index contributed by atoms with van der Waals surface area (Å²) in [4.78, 5) is 11.4. The Hall–Kier alpha value is -2.81. The van der Waals surface area contributed by atoms with Crippen molar-refractivity contribution in [2.45, 2.75) is 31.8 Å². The first kappa shape index (κ1) is 21.4. The van der Waals surface area contributed by atoms with Crippen molar-refractivity contribution in [3.05, 3.63) is 53.0 Å². The standard InChI is InChI=1S/C23H31N7O/c1-25-20-7-10-30(11-12-31)15-17-13-16(4-5-18(17)20)19-6-9-27-23(28-19)29-22(14-24)21-3-2-8-26-21/h4-6,9,13-14,20,24-26,31H,2-3,7-8,10-12,15H2,1H3,(H,27,28,29)/b22-21+,24-14?. The van der Waals surface area contributed by atoms with Gasteiger partial charge in [0, 0.05) is 55.9 Å². The van der Waals surface area contributed by atoms with Crippen LogP contribution >= 0.6 is 0 Å². The molecule has 0 saturated carbocycles. The predicted octanol–water partition coefficient (Wildman–Crippen LogP) is 2.26. The van der Waals surface area contributed by atoms with Gasteiger partial charge >= 0.3 is 0 Å². The second-order valence-electron chi connectivity index (χ2n) is 8.00. The normalized spacial score (nSPS) is 20.5. The molecule has 2 aromatic rings. The number of nitrogens with one attached hydrogen (secondary N) is 4. The molecule has 164 valence electrons. The van der Waals surface area contributed by atoms with Gasteiger partial charge in [-0.1, -0.05) is 12.1 Å². The third-order valence-corrected chi connectivity index (χ3v) is 6.02. The molecule has 2 aliphatic heterocycles. The highest BCUT2D eigenvalue weighted by Gasteiger charge is 2.22. The highest BCUT2D eigenvalue weighted by Crippen LogP contribution is 2.30. The van der Waals surface area contributed by atoms with Gasteiger partial charge in [-0.3, -0.25) is 4.90 Å². The van der Waals surface area contributed by atoms with Crippen molar-refractivity contribution >= 4 is 12.2 Å². The molecule has 1 aromatic heterocycles. The maximum Gasteiger partial charge on any atom is 0.227 e. The van der Waals surface area contributed by atoms with Crippen LogP contribution < -0.4 is 16.0 Å². The van der Waals surface area contributed by atoms with Crippen LogP contribution in [0.1, 0.15) is 36.4 Å². The SMILES string of the molecule is CNC1CCN(CCO)Cc2cc(-c3ccnc(N/C(C=N)=C4\CCCN4)n3)ccc21. The molecule has 0 bridgehead atoms. The number of hydrogen-bond donors (Lipinski definition) is 5. The van der Waals surface area contributed by atoms with Gasteiger partial charge in [-0.2, -0.15) is 0 Å². The smallest absolute Gasteiger partial charge is 0.227 e. The Morgan fingerprint density at radius 1 is 1.39 bits per heavy atom. The van der Waals surface area contributed by atoms with Crippen molar-refractivity contribution in [1.82, 2.24) is 25.5 Å². The minimum absolute atomic E-state index is 0.167. The lowest BCUT2D eigenvalue weighted by Gasteiger charge is -2.19. The molecule has 0 spiro atoms. The summed E-state index contributed by atoms with van der Waals surface area (Å²) in [5, 5.41) is 27.1. The van der Waals surface area contributed by atoms with Crippen LogP contribution in [0.15, 0.2) is 41.9 Å². The fourth-order valence-electron chi connectivity index (χ4n) is 4.38. The van der Waals surface area contributed by atoms with Gasteiger partial charge < -0.3 is 26.5 Å². The van der Waals surface area contributed by atoms with Crippen LogP contribution in [0, 0.1) is 5.41 Å². The molecule has 1 unspecified atom stereocenters. The number of aliphatic hydroxyl groups is 1. The summed E-state index contributed by atoms with van der Waals surface area (Å²) in [7, 11) is 2.00. The van der Waals surface area contributed by atoms with E-state index in [-0.39, 0.29) is 6.61 Å². The molecular weight excluding hydrogens is 390 g/mol. The van der Waals surface area contributed by atoms with Crippen LogP contribution in [0.3, 0.4) is 0 Å². The maximum atomic E-state index is 9.41. The van der Waals surface area contributed by atoms with Gasteiger partial charge in [-0.15, -0.1) is 0 Å². The second kappa shape index (κ2) is 10.00. The summed E-state index contributed by atoms with van der Waals surface area (Å²) >= 11 is 0. The predicted molar refractivity (Wildman–Crippen MR) is 123 cm³/mol. The number of fused-ring (bicyclic) bond motifs is 1. The number of aliphatic hydroxyl groups excluding tert-OH is 1. The topological polar surface area (TPSA) is 109 Å². The van der Waals surface area contributed by atoms with E-state index in [9.17, 15) is 5.11 Å². The quantitative estimate of drug-likeness (QED) is 0.436. The summed E-state index contributed by atoms with van der Waals surface area (Å²) in [6, 6.07) is 8.73. The lowest BCUT2D eigenvalue weighted by Crippen LogP contribution is -2.27. The van der Waals surface area contributed by atoms with E-state index in [0.29, 0.717) is 24.2 Å². The average Bonchev–Trinajstić information content (AvgIpc) is 3.27. The molecule has 3 heterocycles. The maximum absolute atomic E-state index is 9.41. The number of benzene rings is 1. The molecule has 2 aliphatic rings. The van der Waals surface area contributed by atoms with Crippen molar-refractivity contribution in [3.63, 3.8) is 0 Å². The van der Waals surface area contributed by atoms with Crippen LogP contribution in [-0.2, 0) is 6.54 Å². The molecule has 0 radical (unpaired) electrons. The number of anilines is 1. The zero-order valence-electron chi connectivity index (χ0n) is 18.0. The number of nitrogens with zero attached hydrogens (tertiary/aromatic N) is 3. The van der Waals surface area contributed by atoms with Crippen LogP contribution in [0.5, 0.6) is 0 Å². The molecule has 0 aliphatic carbocycles. The zero-order chi connectivity index (χ0) is 21.6. The molecule has 1 fully saturated rings. The lowest BCUT2D eigenvalue weighted by molar-refractivity contribution is 0.189. The first-order valence-corrected chi connectivity index (χ1v) is 10.9. The number of rotatable bonds is 7. The molecule has 0 amide bonds. The van der Waals surface area contributed by atoms with Crippen molar-refractivity contribution in [2.24, 2.45) is 0 Å². The molecule has 8 nitrogen and oxygen atoms in total. The van der Waals surface area contributed by atoms with Gasteiger partial charge in [-0.05, 0) is 49.6 Å². The number of β-amino-alcohol motifs (C(OH)–C–C–N with tert-alkyl or cyclic N) is 1. The number of aromatic nitrogens is 2. The van der Waals surface area contributed by atoms with E-state index < -0.39 is 0 Å². The molecule has 31 heavy (non-hydrogen) atoms. The summed E-state index contributed by atoms with van der Waals surface area (Å²) in [6.45, 7) is 3.54. The van der Waals surface area contributed by atoms with Gasteiger partial charge in [0.2, 0.25) is 5.95 Å². The van der Waals surface area contributed by atoms with Crippen LogP contribution in [-0.4, -0.2) is 59.5 Å². The first-order chi connectivity index (χ1) is 15.2. The van der Waals surface area contributed by atoms with E-state index in [0.717, 1.165) is 55.9 Å². The van der Waals surface area contributed by atoms with E-state index >= 15 is 0 Å². The Balaban J connectivity index is 1.62. The Bertz CT molecular complexity index is 951. The van der Waals surface area contributed by atoms with Crippen molar-refractivity contribution < 1.29 is 5.11 Å². The lowest BCUT2D eigenvalue weighted by atomic mass is 9.96. The fourth-order valence-corrected chi connectivity index (χ4v) is 4.38. The van der Waals surface area contributed by atoms with Gasteiger partial charge in [0.15, 0.2) is 0 Å². The minimum Gasteiger partial charge on any atom is -0.395 e. The van der Waals surface area contributed by atoms with Crippen molar-refractivity contribution in [2.75, 3.05) is 38.6 Å². The average molecular weight is 422 g/mol. The number of allylic oxidation sites excluding steroid dienone is 2. The fraction of sp³-hybridized carbons (Fsp3) is 0.435. The van der Waals surface area contributed by atoms with Crippen molar-refractivity contribution in [3.8, 4) is 11.3 Å². The van der Waals surface area contributed by atoms with E-state index in [4.69, 9.17) is 10.4 Å². The highest BCUT2D eigenvalue weighted by atomic mass is 16.3. The third-order valence-electron chi connectivity index (χ3n) is 6.02. The minimum atomic E-state index is 0.167. The van der Waals surface area contributed by atoms with Gasteiger partial charge in [-0.25, -0.2) is 9.97 Å². The third kappa shape index (κ3) is 4.92. The monoisotopic (exact) mass is 421 g/mol. The van der Waals surface area contributed by atoms with Gasteiger partial charge in [0.05, 0.1) is 18.0 Å². The summed E-state index contributed by atoms with van der Waals surface area (Å²) in [5.74, 6) is 0.488. The van der Waals surface area contributed by atoms with E-state index in [1.165, 1.54) is 17.3 Å². The highest BCUT2D eigenvalue weighted by molar-refractivity contribution is 5.81. The van der Waals surface area contributed by atoms with E-state index in [1.807, 2.05) is 13.1 Å². The molecule has 8 heteroatoms. The summed E-state index contributed by atoms with van der Waals surface area (Å²) < 4.78 is 0. The van der Waals surface area contributed by atoms with Gasteiger partial charge in [0.1, 0.15) is 0 Å². The summed E-state index contributed by atoms with van der Waals surface area (Å²) in [6.07, 6.45) is 6.09. The van der Waals surface area contributed by atoms with Crippen molar-refractivity contribution in [1.29, 1.82) is 5.41 Å². The zero-order valence-corrected chi connectivity index (χ0v) is 18.0. The Morgan fingerprint density at radius 3 is 3.03 bits per heavy atom. The second-order valence-corrected chi connectivity index (χ2v) is 8.00.